The van der Waals surface area contributed by atoms with Gasteiger partial charge in [-0.25, -0.2) is 0 Å². The van der Waals surface area contributed by atoms with Gasteiger partial charge in [0.05, 0.1) is 17.7 Å². The number of ketones is 1. The molecule has 7 heteroatoms. The van der Waals surface area contributed by atoms with Crippen molar-refractivity contribution in [3.8, 4) is 17.2 Å². The van der Waals surface area contributed by atoms with E-state index in [9.17, 15) is 4.79 Å². The van der Waals surface area contributed by atoms with Gasteiger partial charge >= 0.3 is 0 Å². The number of halogens is 1. The predicted molar refractivity (Wildman–Crippen MR) is 119 cm³/mol. The van der Waals surface area contributed by atoms with Crippen LogP contribution in [0.25, 0.3) is 6.08 Å². The van der Waals surface area contributed by atoms with Gasteiger partial charge in [0.1, 0.15) is 24.0 Å². The summed E-state index contributed by atoms with van der Waals surface area (Å²) >= 11 is 3.53. The van der Waals surface area contributed by atoms with Gasteiger partial charge < -0.3 is 18.9 Å². The second-order valence-electron chi connectivity index (χ2n) is 8.59. The third-order valence-electron chi connectivity index (χ3n) is 5.60. The summed E-state index contributed by atoms with van der Waals surface area (Å²) in [6.07, 6.45) is 1.76. The van der Waals surface area contributed by atoms with Crippen molar-refractivity contribution in [3.05, 3.63) is 56.2 Å². The van der Waals surface area contributed by atoms with E-state index in [1.165, 1.54) is 0 Å². The zero-order valence-corrected chi connectivity index (χ0v) is 19.4. The summed E-state index contributed by atoms with van der Waals surface area (Å²) in [7, 11) is 0. The van der Waals surface area contributed by atoms with Gasteiger partial charge in [0.2, 0.25) is 5.78 Å². The van der Waals surface area contributed by atoms with Crippen LogP contribution in [0.5, 0.6) is 17.2 Å². The average Bonchev–Trinajstić information content (AvgIpc) is 3.05. The molecule has 2 aromatic carbocycles. The molecule has 2 aromatic rings. The van der Waals surface area contributed by atoms with E-state index in [-0.39, 0.29) is 12.6 Å². The summed E-state index contributed by atoms with van der Waals surface area (Å²) in [4.78, 5) is 15.5. The van der Waals surface area contributed by atoms with Crippen LogP contribution in [0.4, 0.5) is 0 Å². The molecule has 0 atom stereocenters. The first-order valence-electron chi connectivity index (χ1n) is 10.4. The van der Waals surface area contributed by atoms with E-state index in [2.05, 4.69) is 34.7 Å². The van der Waals surface area contributed by atoms with Crippen molar-refractivity contribution in [1.29, 1.82) is 0 Å². The second kappa shape index (κ2) is 7.97. The summed E-state index contributed by atoms with van der Waals surface area (Å²) in [6.45, 7) is 9.11. The fourth-order valence-electron chi connectivity index (χ4n) is 4.37. The molecule has 0 saturated heterocycles. The number of aryl methyl sites for hydroxylation is 1. The molecule has 3 aliphatic heterocycles. The molecular formula is C24H24BrNO5. The molecular weight excluding hydrogens is 462 g/mol. The van der Waals surface area contributed by atoms with E-state index in [1.807, 2.05) is 25.1 Å². The smallest absolute Gasteiger partial charge is 0.232 e. The highest BCUT2D eigenvalue weighted by Crippen LogP contribution is 2.44. The lowest BCUT2D eigenvalue weighted by Crippen LogP contribution is -2.35. The highest BCUT2D eigenvalue weighted by atomic mass is 79.9. The first-order valence-corrected chi connectivity index (χ1v) is 11.2. The lowest BCUT2D eigenvalue weighted by atomic mass is 9.98. The van der Waals surface area contributed by atoms with E-state index in [0.29, 0.717) is 42.9 Å². The summed E-state index contributed by atoms with van der Waals surface area (Å²) in [5.74, 6) is 2.84. The number of carbonyl (C=O) groups is 1. The molecule has 0 saturated carbocycles. The molecule has 3 aliphatic rings. The summed E-state index contributed by atoms with van der Waals surface area (Å²) in [5, 5.41) is 0. The van der Waals surface area contributed by atoms with Gasteiger partial charge in [-0.2, -0.15) is 0 Å². The molecule has 0 spiro atoms. The third kappa shape index (κ3) is 3.75. The second-order valence-corrected chi connectivity index (χ2v) is 9.50. The molecule has 0 fully saturated rings. The molecule has 0 aromatic heterocycles. The van der Waals surface area contributed by atoms with Gasteiger partial charge in [-0.3, -0.25) is 9.69 Å². The Morgan fingerprint density at radius 1 is 1.19 bits per heavy atom. The first-order chi connectivity index (χ1) is 14.9. The van der Waals surface area contributed by atoms with Gasteiger partial charge in [0.15, 0.2) is 12.6 Å². The maximum Gasteiger partial charge on any atom is 0.232 e. The Morgan fingerprint density at radius 2 is 2.03 bits per heavy atom. The number of hydrogen-bond donors (Lipinski definition) is 0. The third-order valence-corrected chi connectivity index (χ3v) is 6.06. The Bertz CT molecular complexity index is 1110. The quantitative estimate of drug-likeness (QED) is 0.567. The molecule has 0 unspecified atom stereocenters. The topological polar surface area (TPSA) is 57.2 Å². The van der Waals surface area contributed by atoms with E-state index >= 15 is 0 Å². The van der Waals surface area contributed by atoms with E-state index in [4.69, 9.17) is 18.9 Å². The predicted octanol–water partition coefficient (Wildman–Crippen LogP) is 5.05. The number of rotatable bonds is 3. The summed E-state index contributed by atoms with van der Waals surface area (Å²) in [6, 6.07) is 5.84. The number of fused-ring (bicyclic) bond motifs is 4. The van der Waals surface area contributed by atoms with E-state index < -0.39 is 0 Å². The van der Waals surface area contributed by atoms with Gasteiger partial charge in [0, 0.05) is 28.7 Å². The maximum atomic E-state index is 13.3. The van der Waals surface area contributed by atoms with Crippen molar-refractivity contribution < 1.29 is 23.7 Å². The van der Waals surface area contributed by atoms with Crippen LogP contribution in [0.1, 0.15) is 46.5 Å². The standard InChI is InChI=1S/C24H24BrNO5/c1-13(2)8-26-9-18-19(29-11-26)4-14(3)21-22(27)20(31-24(18)21)7-15-5-17(25)6-16-10-28-12-30-23(15)16/h4-7,13H,8-12H2,1-3H3/b20-7-. The van der Waals surface area contributed by atoms with Crippen molar-refractivity contribution in [2.45, 2.75) is 33.9 Å². The van der Waals surface area contributed by atoms with Crippen LogP contribution in [0.2, 0.25) is 0 Å². The summed E-state index contributed by atoms with van der Waals surface area (Å²) in [5.41, 5.74) is 4.13. The monoisotopic (exact) mass is 485 g/mol. The Balaban J connectivity index is 1.54. The summed E-state index contributed by atoms with van der Waals surface area (Å²) < 4.78 is 24.2. The lowest BCUT2D eigenvalue weighted by molar-refractivity contribution is -0.0165. The van der Waals surface area contributed by atoms with Crippen LogP contribution in [-0.4, -0.2) is 30.8 Å². The molecule has 0 aliphatic carbocycles. The zero-order valence-electron chi connectivity index (χ0n) is 17.8. The zero-order chi connectivity index (χ0) is 21.7. The van der Waals surface area contributed by atoms with Crippen molar-refractivity contribution in [2.75, 3.05) is 20.1 Å². The molecule has 5 rings (SSSR count). The number of hydrogen-bond acceptors (Lipinski definition) is 6. The largest absolute Gasteiger partial charge is 0.478 e. The number of allylic oxidation sites excluding steroid dienone is 1. The molecule has 6 nitrogen and oxygen atoms in total. The minimum Gasteiger partial charge on any atom is -0.478 e. The maximum absolute atomic E-state index is 13.3. The minimum atomic E-state index is -0.114. The van der Waals surface area contributed by atoms with Crippen molar-refractivity contribution in [1.82, 2.24) is 4.90 Å². The molecule has 3 heterocycles. The highest BCUT2D eigenvalue weighted by molar-refractivity contribution is 9.10. The Morgan fingerprint density at radius 3 is 2.84 bits per heavy atom. The van der Waals surface area contributed by atoms with Gasteiger partial charge in [0.25, 0.3) is 0 Å². The number of nitrogens with zero attached hydrogens (tertiary/aromatic N) is 1. The average molecular weight is 486 g/mol. The van der Waals surface area contributed by atoms with Crippen LogP contribution in [0.3, 0.4) is 0 Å². The fraction of sp³-hybridized carbons (Fsp3) is 0.375. The number of Topliss-reactive ketones (excluding diaryl/α,β-unsaturated/α-hetero) is 1. The number of benzene rings is 2. The van der Waals surface area contributed by atoms with Crippen LogP contribution in [-0.2, 0) is 17.9 Å². The molecule has 162 valence electrons. The first kappa shape index (κ1) is 20.5. The van der Waals surface area contributed by atoms with Crippen molar-refractivity contribution in [2.24, 2.45) is 5.92 Å². The lowest BCUT2D eigenvalue weighted by Gasteiger charge is -2.31. The Labute approximate surface area is 189 Å². The number of carbonyl (C=O) groups excluding carboxylic acids is 1. The minimum absolute atomic E-state index is 0.114. The van der Waals surface area contributed by atoms with Crippen LogP contribution < -0.4 is 14.2 Å². The van der Waals surface area contributed by atoms with Crippen LogP contribution in [0.15, 0.2) is 28.4 Å². The van der Waals surface area contributed by atoms with Crippen LogP contribution in [0, 0.1) is 12.8 Å². The molecule has 0 radical (unpaired) electrons. The van der Waals surface area contributed by atoms with Gasteiger partial charge in [-0.15, -0.1) is 0 Å². The van der Waals surface area contributed by atoms with Crippen LogP contribution >= 0.6 is 15.9 Å². The molecule has 31 heavy (non-hydrogen) atoms. The number of ether oxygens (including phenoxy) is 4. The Hall–Kier alpha value is -2.35. The van der Waals surface area contributed by atoms with E-state index in [1.54, 1.807) is 6.08 Å². The molecule has 0 amide bonds. The molecule has 0 N–H and O–H groups in total. The highest BCUT2D eigenvalue weighted by Gasteiger charge is 2.35. The van der Waals surface area contributed by atoms with Crippen molar-refractivity contribution >= 4 is 27.8 Å². The van der Waals surface area contributed by atoms with Gasteiger partial charge in [-0.05, 0) is 42.7 Å². The SMILES string of the molecule is Cc1cc2c(c3c1C(=O)/C(=C/c1cc(Br)cc4c1OCOC4)O3)CN(CC(C)C)CO2. The Kier molecular flexibility index (Phi) is 5.28. The fourth-order valence-corrected chi connectivity index (χ4v) is 4.89. The molecule has 0 bridgehead atoms. The van der Waals surface area contributed by atoms with E-state index in [0.717, 1.165) is 44.8 Å². The van der Waals surface area contributed by atoms with Crippen molar-refractivity contribution in [3.63, 3.8) is 0 Å². The van der Waals surface area contributed by atoms with Gasteiger partial charge in [-0.1, -0.05) is 29.8 Å². The normalized spacial score (nSPS) is 18.9.